The van der Waals surface area contributed by atoms with E-state index in [1.165, 1.54) is 6.33 Å². The highest BCUT2D eigenvalue weighted by Gasteiger charge is 2.10. The van der Waals surface area contributed by atoms with Gasteiger partial charge in [0, 0.05) is 31.2 Å². The topological polar surface area (TPSA) is 70.7 Å². The van der Waals surface area contributed by atoms with Crippen molar-refractivity contribution in [1.29, 1.82) is 0 Å². The van der Waals surface area contributed by atoms with E-state index in [1.54, 1.807) is 6.08 Å². The molecule has 1 aromatic rings. The van der Waals surface area contributed by atoms with Crippen LogP contribution in [0.5, 0.6) is 0 Å². The molecule has 80 valence electrons. The summed E-state index contributed by atoms with van der Waals surface area (Å²) in [6.07, 6.45) is 6.61. The van der Waals surface area contributed by atoms with E-state index in [0.29, 0.717) is 6.42 Å². The first-order valence-corrected chi connectivity index (χ1v) is 5.16. The van der Waals surface area contributed by atoms with Crippen LogP contribution in [0.15, 0.2) is 18.1 Å². The molecule has 2 rings (SSSR count). The molecular weight excluding hydrogens is 192 g/mol. The summed E-state index contributed by atoms with van der Waals surface area (Å²) in [4.78, 5) is 15.0. The van der Waals surface area contributed by atoms with Crippen LogP contribution in [-0.4, -0.2) is 27.5 Å². The molecule has 1 heterocycles. The molecule has 0 amide bonds. The Morgan fingerprint density at radius 2 is 2.40 bits per heavy atom. The van der Waals surface area contributed by atoms with Crippen LogP contribution in [0, 0.1) is 0 Å². The molecule has 0 spiro atoms. The van der Waals surface area contributed by atoms with Gasteiger partial charge < -0.3 is 5.32 Å². The molecule has 0 radical (unpaired) electrons. The minimum absolute atomic E-state index is 0.229. The molecule has 1 aliphatic carbocycles. The maximum absolute atomic E-state index is 10.9. The maximum Gasteiger partial charge on any atom is 0.157 e. The van der Waals surface area contributed by atoms with Gasteiger partial charge in [-0.05, 0) is 12.8 Å². The monoisotopic (exact) mass is 206 g/mol. The highest BCUT2D eigenvalue weighted by molar-refractivity contribution is 5.92. The van der Waals surface area contributed by atoms with Gasteiger partial charge in [-0.25, -0.2) is 4.98 Å². The normalized spacial score (nSPS) is 15.5. The third kappa shape index (κ3) is 2.90. The van der Waals surface area contributed by atoms with E-state index in [0.717, 1.165) is 37.3 Å². The summed E-state index contributed by atoms with van der Waals surface area (Å²) in [5.74, 6) is 1.14. The molecule has 0 bridgehead atoms. The largest absolute Gasteiger partial charge is 0.388 e. The van der Waals surface area contributed by atoms with Crippen molar-refractivity contribution >= 4 is 5.78 Å². The summed E-state index contributed by atoms with van der Waals surface area (Å²) in [5.41, 5.74) is 1.07. The van der Waals surface area contributed by atoms with Gasteiger partial charge >= 0.3 is 0 Å². The highest BCUT2D eigenvalue weighted by atomic mass is 16.1. The summed E-state index contributed by atoms with van der Waals surface area (Å²) in [5, 5.41) is 9.84. The first-order chi connectivity index (χ1) is 7.34. The van der Waals surface area contributed by atoms with Gasteiger partial charge in [-0.3, -0.25) is 9.89 Å². The number of aryl methyl sites for hydroxylation is 1. The molecule has 0 aliphatic heterocycles. The van der Waals surface area contributed by atoms with Gasteiger partial charge in [0.25, 0.3) is 0 Å². The van der Waals surface area contributed by atoms with E-state index >= 15 is 0 Å². The summed E-state index contributed by atoms with van der Waals surface area (Å²) >= 11 is 0. The second kappa shape index (κ2) is 4.72. The van der Waals surface area contributed by atoms with E-state index in [2.05, 4.69) is 20.5 Å². The van der Waals surface area contributed by atoms with Crippen LogP contribution in [0.2, 0.25) is 0 Å². The van der Waals surface area contributed by atoms with Crippen LogP contribution >= 0.6 is 0 Å². The zero-order valence-corrected chi connectivity index (χ0v) is 8.49. The molecule has 5 heteroatoms. The van der Waals surface area contributed by atoms with Crippen molar-refractivity contribution in [2.45, 2.75) is 25.7 Å². The van der Waals surface area contributed by atoms with Crippen molar-refractivity contribution in [3.63, 3.8) is 0 Å². The molecule has 0 fully saturated rings. The minimum atomic E-state index is 0.229. The lowest BCUT2D eigenvalue weighted by atomic mass is 10.3. The van der Waals surface area contributed by atoms with Gasteiger partial charge in [-0.2, -0.15) is 5.10 Å². The number of ketones is 1. The average molecular weight is 206 g/mol. The third-order valence-corrected chi connectivity index (χ3v) is 2.38. The minimum Gasteiger partial charge on any atom is -0.388 e. The first kappa shape index (κ1) is 9.89. The van der Waals surface area contributed by atoms with Crippen molar-refractivity contribution in [1.82, 2.24) is 20.5 Å². The van der Waals surface area contributed by atoms with Gasteiger partial charge in [-0.1, -0.05) is 0 Å². The number of carbonyl (C=O) groups excluding carboxylic acids is 1. The predicted molar refractivity (Wildman–Crippen MR) is 55.0 cm³/mol. The lowest BCUT2D eigenvalue weighted by Gasteiger charge is -2.04. The van der Waals surface area contributed by atoms with E-state index in [-0.39, 0.29) is 5.78 Å². The van der Waals surface area contributed by atoms with Gasteiger partial charge in [0.15, 0.2) is 5.78 Å². The Morgan fingerprint density at radius 3 is 3.07 bits per heavy atom. The molecule has 2 N–H and O–H groups in total. The van der Waals surface area contributed by atoms with Gasteiger partial charge in [0.2, 0.25) is 0 Å². The molecule has 0 saturated carbocycles. The van der Waals surface area contributed by atoms with Crippen LogP contribution in [0.1, 0.15) is 25.1 Å². The van der Waals surface area contributed by atoms with E-state index in [4.69, 9.17) is 0 Å². The Hall–Kier alpha value is -1.65. The third-order valence-electron chi connectivity index (χ3n) is 2.38. The van der Waals surface area contributed by atoms with E-state index < -0.39 is 0 Å². The van der Waals surface area contributed by atoms with Crippen molar-refractivity contribution < 1.29 is 4.79 Å². The number of hydrogen-bond donors (Lipinski definition) is 2. The molecule has 0 unspecified atom stereocenters. The van der Waals surface area contributed by atoms with Crippen LogP contribution in [0.25, 0.3) is 0 Å². The van der Waals surface area contributed by atoms with Gasteiger partial charge in [0.1, 0.15) is 12.2 Å². The molecule has 5 nitrogen and oxygen atoms in total. The second-order valence-corrected chi connectivity index (χ2v) is 3.60. The average Bonchev–Trinajstić information content (AvgIpc) is 2.84. The Kier molecular flexibility index (Phi) is 3.11. The number of nitrogens with zero attached hydrogens (tertiary/aromatic N) is 2. The van der Waals surface area contributed by atoms with Crippen LogP contribution < -0.4 is 5.32 Å². The van der Waals surface area contributed by atoms with Crippen LogP contribution in [0.4, 0.5) is 0 Å². The Labute approximate surface area is 88.0 Å². The molecular formula is C10H14N4O. The Bertz CT molecular complexity index is 356. The molecule has 0 saturated heterocycles. The summed E-state index contributed by atoms with van der Waals surface area (Å²) in [6.45, 7) is 0.875. The lowest BCUT2D eigenvalue weighted by Crippen LogP contribution is -2.14. The summed E-state index contributed by atoms with van der Waals surface area (Å²) in [7, 11) is 0. The maximum atomic E-state index is 10.9. The number of aromatic nitrogens is 3. The number of hydrogen-bond acceptors (Lipinski definition) is 4. The van der Waals surface area contributed by atoms with Crippen LogP contribution in [0.3, 0.4) is 0 Å². The van der Waals surface area contributed by atoms with Crippen molar-refractivity contribution in [3.8, 4) is 0 Å². The number of H-pyrrole nitrogens is 1. The lowest BCUT2D eigenvalue weighted by molar-refractivity contribution is -0.114. The quantitative estimate of drug-likeness (QED) is 0.691. The van der Waals surface area contributed by atoms with Crippen molar-refractivity contribution in [3.05, 3.63) is 23.9 Å². The zero-order valence-electron chi connectivity index (χ0n) is 8.49. The molecule has 1 aliphatic rings. The van der Waals surface area contributed by atoms with Crippen molar-refractivity contribution in [2.75, 3.05) is 6.54 Å². The number of rotatable bonds is 5. The molecule has 1 aromatic heterocycles. The fraction of sp³-hybridized carbons (Fsp3) is 0.500. The number of nitrogens with one attached hydrogen (secondary N) is 2. The number of allylic oxidation sites excluding steroid dienone is 2. The molecule has 15 heavy (non-hydrogen) atoms. The highest BCUT2D eigenvalue weighted by Crippen LogP contribution is 2.11. The van der Waals surface area contributed by atoms with E-state index in [9.17, 15) is 4.79 Å². The first-order valence-electron chi connectivity index (χ1n) is 5.16. The molecule has 0 atom stereocenters. The smallest absolute Gasteiger partial charge is 0.157 e. The van der Waals surface area contributed by atoms with Gasteiger partial charge in [-0.15, -0.1) is 0 Å². The SMILES string of the molecule is O=C1C=C(NCCCc2ncn[nH]2)CC1. The zero-order chi connectivity index (χ0) is 10.5. The standard InChI is InChI=1S/C10H14N4O/c15-9-4-3-8(6-9)11-5-1-2-10-12-7-13-14-10/h6-7,11H,1-5H2,(H,12,13,14). The van der Waals surface area contributed by atoms with Crippen molar-refractivity contribution in [2.24, 2.45) is 0 Å². The predicted octanol–water partition coefficient (Wildman–Crippen LogP) is 0.574. The fourth-order valence-electron chi connectivity index (χ4n) is 1.59. The van der Waals surface area contributed by atoms with Gasteiger partial charge in [0.05, 0.1) is 0 Å². The summed E-state index contributed by atoms with van der Waals surface area (Å²) < 4.78 is 0. The fourth-order valence-corrected chi connectivity index (χ4v) is 1.59. The number of aromatic amines is 1. The summed E-state index contributed by atoms with van der Waals surface area (Å²) in [6, 6.07) is 0. The molecule has 0 aromatic carbocycles. The second-order valence-electron chi connectivity index (χ2n) is 3.60. The Balaban J connectivity index is 1.63. The van der Waals surface area contributed by atoms with Crippen LogP contribution in [-0.2, 0) is 11.2 Å². The Morgan fingerprint density at radius 1 is 1.47 bits per heavy atom. The number of carbonyl (C=O) groups is 1. The van der Waals surface area contributed by atoms with E-state index in [1.807, 2.05) is 0 Å².